The Labute approximate surface area is 199 Å². The molecule has 2 amide bonds. The lowest BCUT2D eigenvalue weighted by Crippen LogP contribution is -2.36. The first kappa shape index (κ1) is 21.8. The number of fused-ring (bicyclic) bond motifs is 1. The minimum absolute atomic E-state index is 0.0992. The number of nitrogens with one attached hydrogen (secondary N) is 2. The number of hydrogen-bond donors (Lipinski definition) is 2. The van der Waals surface area contributed by atoms with Gasteiger partial charge in [0.1, 0.15) is 9.71 Å². The van der Waals surface area contributed by atoms with Gasteiger partial charge in [0.15, 0.2) is 5.13 Å². The maximum absolute atomic E-state index is 13.0. The summed E-state index contributed by atoms with van der Waals surface area (Å²) in [5, 5.41) is 12.0. The van der Waals surface area contributed by atoms with Crippen LogP contribution in [-0.2, 0) is 0 Å². The molecular formula is C24H25N5O2S2. The zero-order chi connectivity index (χ0) is 22.9. The van der Waals surface area contributed by atoms with Crippen LogP contribution in [0.25, 0.3) is 15.9 Å². The van der Waals surface area contributed by atoms with E-state index in [2.05, 4.69) is 20.7 Å². The van der Waals surface area contributed by atoms with E-state index in [4.69, 9.17) is 0 Å². The molecule has 0 saturated heterocycles. The van der Waals surface area contributed by atoms with Crippen molar-refractivity contribution in [3.8, 4) is 5.69 Å². The molecule has 0 radical (unpaired) electrons. The van der Waals surface area contributed by atoms with E-state index in [1.807, 2.05) is 48.0 Å². The topological polar surface area (TPSA) is 88.9 Å². The molecule has 33 heavy (non-hydrogen) atoms. The number of thiazole rings is 1. The number of rotatable bonds is 5. The maximum atomic E-state index is 13.0. The van der Waals surface area contributed by atoms with E-state index in [9.17, 15) is 9.59 Å². The SMILES string of the molecule is Cc1nc(NC(=O)c2cc3c(C)nn(-c4ccccc4)c3s2)sc1C(=O)NC1CCCCC1. The molecule has 1 aromatic carbocycles. The van der Waals surface area contributed by atoms with Crippen LogP contribution in [0.15, 0.2) is 36.4 Å². The second-order valence-corrected chi connectivity index (χ2v) is 10.4. The molecule has 0 aliphatic heterocycles. The third kappa shape index (κ3) is 4.43. The lowest BCUT2D eigenvalue weighted by atomic mass is 9.95. The van der Waals surface area contributed by atoms with Crippen LogP contribution in [0, 0.1) is 13.8 Å². The first-order valence-electron chi connectivity index (χ1n) is 11.1. The fourth-order valence-corrected chi connectivity index (χ4v) is 6.16. The largest absolute Gasteiger partial charge is 0.349 e. The summed E-state index contributed by atoms with van der Waals surface area (Å²) < 4.78 is 1.87. The Morgan fingerprint density at radius 1 is 1.00 bits per heavy atom. The zero-order valence-electron chi connectivity index (χ0n) is 18.6. The van der Waals surface area contributed by atoms with Gasteiger partial charge in [0.2, 0.25) is 0 Å². The Morgan fingerprint density at radius 2 is 1.76 bits per heavy atom. The molecule has 7 nitrogen and oxygen atoms in total. The number of nitrogens with zero attached hydrogens (tertiary/aromatic N) is 3. The van der Waals surface area contributed by atoms with Crippen molar-refractivity contribution >= 4 is 49.8 Å². The summed E-state index contributed by atoms with van der Waals surface area (Å²) in [5.74, 6) is -0.332. The molecule has 4 aromatic rings. The number of hydrogen-bond acceptors (Lipinski definition) is 6. The zero-order valence-corrected chi connectivity index (χ0v) is 20.2. The van der Waals surface area contributed by atoms with E-state index in [0.717, 1.165) is 47.3 Å². The molecule has 1 aliphatic rings. The predicted octanol–water partition coefficient (Wildman–Crippen LogP) is 5.48. The monoisotopic (exact) mass is 479 g/mol. The Bertz CT molecular complexity index is 1320. The van der Waals surface area contributed by atoms with E-state index in [1.54, 1.807) is 6.92 Å². The van der Waals surface area contributed by atoms with Gasteiger partial charge in [-0.05, 0) is 44.9 Å². The molecule has 2 N–H and O–H groups in total. The predicted molar refractivity (Wildman–Crippen MR) is 133 cm³/mol. The summed E-state index contributed by atoms with van der Waals surface area (Å²) in [7, 11) is 0. The van der Waals surface area contributed by atoms with Crippen molar-refractivity contribution < 1.29 is 9.59 Å². The summed E-state index contributed by atoms with van der Waals surface area (Å²) >= 11 is 2.62. The summed E-state index contributed by atoms with van der Waals surface area (Å²) in [5.41, 5.74) is 2.46. The van der Waals surface area contributed by atoms with Crippen LogP contribution in [0.1, 0.15) is 62.8 Å². The number of carbonyl (C=O) groups excluding carboxylic acids is 2. The van der Waals surface area contributed by atoms with Crippen LogP contribution in [0.2, 0.25) is 0 Å². The number of thiophene rings is 1. The maximum Gasteiger partial charge on any atom is 0.267 e. The average molecular weight is 480 g/mol. The van der Waals surface area contributed by atoms with Crippen LogP contribution in [-0.4, -0.2) is 32.6 Å². The van der Waals surface area contributed by atoms with Crippen LogP contribution in [0.3, 0.4) is 0 Å². The Hall–Kier alpha value is -3.04. The van der Waals surface area contributed by atoms with Gasteiger partial charge in [-0.2, -0.15) is 5.10 Å². The fourth-order valence-electron chi connectivity index (χ4n) is 4.22. The number of aryl methyl sites for hydroxylation is 2. The highest BCUT2D eigenvalue weighted by Crippen LogP contribution is 2.31. The van der Waals surface area contributed by atoms with Gasteiger partial charge in [0.25, 0.3) is 11.8 Å². The number of benzene rings is 1. The van der Waals surface area contributed by atoms with E-state index < -0.39 is 0 Å². The van der Waals surface area contributed by atoms with Gasteiger partial charge in [-0.15, -0.1) is 11.3 Å². The molecule has 1 saturated carbocycles. The number of anilines is 1. The standard InChI is InChI=1S/C24H25N5O2S2/c1-14-18-13-19(32-23(18)29(28-14)17-11-7-4-8-12-17)21(30)27-24-25-15(2)20(33-24)22(31)26-16-9-5-3-6-10-16/h4,7-8,11-13,16H,3,5-6,9-10H2,1-2H3,(H,26,31)(H,25,27,30). The van der Waals surface area contributed by atoms with Crippen LogP contribution in [0.4, 0.5) is 5.13 Å². The fraction of sp³-hybridized carbons (Fsp3) is 0.333. The van der Waals surface area contributed by atoms with Gasteiger partial charge < -0.3 is 5.32 Å². The molecule has 1 aliphatic carbocycles. The van der Waals surface area contributed by atoms with Crippen molar-refractivity contribution in [2.45, 2.75) is 52.0 Å². The van der Waals surface area contributed by atoms with E-state index >= 15 is 0 Å². The summed E-state index contributed by atoms with van der Waals surface area (Å²) in [6, 6.07) is 12.0. The van der Waals surface area contributed by atoms with Crippen molar-refractivity contribution in [3.63, 3.8) is 0 Å². The second kappa shape index (κ2) is 9.07. The second-order valence-electron chi connectivity index (χ2n) is 8.36. The Morgan fingerprint density at radius 3 is 2.52 bits per heavy atom. The molecule has 0 unspecified atom stereocenters. The van der Waals surface area contributed by atoms with Crippen molar-refractivity contribution in [1.82, 2.24) is 20.1 Å². The summed E-state index contributed by atoms with van der Waals surface area (Å²) in [4.78, 5) is 32.2. The molecule has 0 spiro atoms. The van der Waals surface area contributed by atoms with Crippen LogP contribution >= 0.6 is 22.7 Å². The van der Waals surface area contributed by atoms with Crippen molar-refractivity contribution in [3.05, 3.63) is 57.5 Å². The highest BCUT2D eigenvalue weighted by molar-refractivity contribution is 7.21. The van der Waals surface area contributed by atoms with Crippen LogP contribution < -0.4 is 10.6 Å². The van der Waals surface area contributed by atoms with Crippen LogP contribution in [0.5, 0.6) is 0 Å². The number of para-hydroxylation sites is 1. The lowest BCUT2D eigenvalue weighted by Gasteiger charge is -2.22. The third-order valence-electron chi connectivity index (χ3n) is 5.93. The van der Waals surface area contributed by atoms with Crippen molar-refractivity contribution in [2.24, 2.45) is 0 Å². The van der Waals surface area contributed by atoms with E-state index in [0.29, 0.717) is 20.6 Å². The van der Waals surface area contributed by atoms with E-state index in [-0.39, 0.29) is 17.9 Å². The lowest BCUT2D eigenvalue weighted by molar-refractivity contribution is 0.0930. The van der Waals surface area contributed by atoms with Gasteiger partial charge >= 0.3 is 0 Å². The van der Waals surface area contributed by atoms with Gasteiger partial charge in [-0.1, -0.05) is 48.8 Å². The van der Waals surface area contributed by atoms with Gasteiger partial charge in [-0.25, -0.2) is 9.67 Å². The molecule has 0 bridgehead atoms. The highest BCUT2D eigenvalue weighted by atomic mass is 32.1. The molecule has 170 valence electrons. The Kier molecular flexibility index (Phi) is 5.99. The van der Waals surface area contributed by atoms with Gasteiger partial charge in [0.05, 0.1) is 22.0 Å². The number of aromatic nitrogens is 3. The molecule has 9 heteroatoms. The molecule has 3 aromatic heterocycles. The normalized spacial score (nSPS) is 14.5. The molecule has 3 heterocycles. The smallest absolute Gasteiger partial charge is 0.267 e. The minimum atomic E-state index is -0.233. The summed E-state index contributed by atoms with van der Waals surface area (Å²) in [6.07, 6.45) is 5.61. The minimum Gasteiger partial charge on any atom is -0.349 e. The molecule has 0 atom stereocenters. The van der Waals surface area contributed by atoms with E-state index in [1.165, 1.54) is 29.1 Å². The first-order chi connectivity index (χ1) is 16.0. The first-order valence-corrected chi connectivity index (χ1v) is 12.8. The van der Waals surface area contributed by atoms with Gasteiger partial charge in [0, 0.05) is 11.4 Å². The quantitative estimate of drug-likeness (QED) is 0.397. The average Bonchev–Trinajstić information content (AvgIpc) is 3.50. The highest BCUT2D eigenvalue weighted by Gasteiger charge is 2.22. The summed E-state index contributed by atoms with van der Waals surface area (Å²) in [6.45, 7) is 3.75. The molecular weight excluding hydrogens is 454 g/mol. The third-order valence-corrected chi connectivity index (χ3v) is 8.11. The number of amides is 2. The Balaban J connectivity index is 1.34. The molecule has 5 rings (SSSR count). The van der Waals surface area contributed by atoms with Gasteiger partial charge in [-0.3, -0.25) is 14.9 Å². The number of carbonyl (C=O) groups is 2. The van der Waals surface area contributed by atoms with Crippen molar-refractivity contribution in [1.29, 1.82) is 0 Å². The van der Waals surface area contributed by atoms with Crippen molar-refractivity contribution in [2.75, 3.05) is 5.32 Å². The molecule has 1 fully saturated rings.